The van der Waals surface area contributed by atoms with Gasteiger partial charge >= 0.3 is 0 Å². The van der Waals surface area contributed by atoms with Crippen molar-refractivity contribution < 1.29 is 29.2 Å². The van der Waals surface area contributed by atoms with Gasteiger partial charge in [-0.05, 0) is 0 Å². The van der Waals surface area contributed by atoms with Crippen LogP contribution in [-0.4, -0.2) is 58.5 Å². The van der Waals surface area contributed by atoms with E-state index in [1.807, 2.05) is 0 Å². The SMILES string of the molecule is CC(=O)N[C@@H]1[C@@H](O)[C@H](F)[C@@H](CO)O[C@H]1O. The largest absolute Gasteiger partial charge is 0.394 e. The van der Waals surface area contributed by atoms with E-state index < -0.39 is 43.2 Å². The summed E-state index contributed by atoms with van der Waals surface area (Å²) in [4.78, 5) is 10.7. The van der Waals surface area contributed by atoms with Gasteiger partial charge in [0.15, 0.2) is 12.5 Å². The van der Waals surface area contributed by atoms with Crippen LogP contribution in [0.5, 0.6) is 0 Å². The van der Waals surface area contributed by atoms with Gasteiger partial charge in [-0.2, -0.15) is 0 Å². The molecule has 5 atom stereocenters. The highest BCUT2D eigenvalue weighted by Crippen LogP contribution is 2.22. The highest BCUT2D eigenvalue weighted by Gasteiger charge is 2.45. The first-order chi connectivity index (χ1) is 6.97. The highest BCUT2D eigenvalue weighted by atomic mass is 19.1. The van der Waals surface area contributed by atoms with E-state index in [1.54, 1.807) is 0 Å². The zero-order valence-corrected chi connectivity index (χ0v) is 8.13. The third-order valence-electron chi connectivity index (χ3n) is 2.22. The molecule has 0 bridgehead atoms. The molecule has 1 heterocycles. The zero-order chi connectivity index (χ0) is 11.6. The average molecular weight is 223 g/mol. The molecule has 0 unspecified atom stereocenters. The molecule has 0 spiro atoms. The van der Waals surface area contributed by atoms with Crippen LogP contribution in [0, 0.1) is 0 Å². The molecule has 0 aromatic rings. The number of aliphatic hydroxyl groups is 3. The molecular weight excluding hydrogens is 209 g/mol. The Balaban J connectivity index is 2.70. The maximum atomic E-state index is 13.3. The van der Waals surface area contributed by atoms with E-state index in [2.05, 4.69) is 10.1 Å². The van der Waals surface area contributed by atoms with E-state index in [0.29, 0.717) is 0 Å². The Morgan fingerprint density at radius 3 is 2.60 bits per heavy atom. The lowest BCUT2D eigenvalue weighted by Gasteiger charge is -2.38. The van der Waals surface area contributed by atoms with Crippen LogP contribution in [0.25, 0.3) is 0 Å². The number of halogens is 1. The fraction of sp³-hybridized carbons (Fsp3) is 0.875. The summed E-state index contributed by atoms with van der Waals surface area (Å²) in [6, 6.07) is -1.22. The molecule has 1 fully saturated rings. The van der Waals surface area contributed by atoms with Crippen molar-refractivity contribution in [3.05, 3.63) is 0 Å². The van der Waals surface area contributed by atoms with Crippen molar-refractivity contribution in [2.75, 3.05) is 6.61 Å². The zero-order valence-electron chi connectivity index (χ0n) is 8.13. The molecule has 1 aliphatic heterocycles. The van der Waals surface area contributed by atoms with Gasteiger partial charge < -0.3 is 25.4 Å². The Bertz CT molecular complexity index is 239. The first-order valence-electron chi connectivity index (χ1n) is 4.51. The van der Waals surface area contributed by atoms with Gasteiger partial charge in [-0.15, -0.1) is 0 Å². The molecule has 15 heavy (non-hydrogen) atoms. The average Bonchev–Trinajstić information content (AvgIpc) is 2.18. The second kappa shape index (κ2) is 4.84. The van der Waals surface area contributed by atoms with Crippen LogP contribution < -0.4 is 5.32 Å². The second-order valence-electron chi connectivity index (χ2n) is 3.41. The Hall–Kier alpha value is -0.760. The van der Waals surface area contributed by atoms with Gasteiger partial charge in [0.2, 0.25) is 5.91 Å². The summed E-state index contributed by atoms with van der Waals surface area (Å²) >= 11 is 0. The van der Waals surface area contributed by atoms with Crippen LogP contribution in [0.1, 0.15) is 6.92 Å². The van der Waals surface area contributed by atoms with E-state index in [0.717, 1.165) is 0 Å². The summed E-state index contributed by atoms with van der Waals surface area (Å²) in [6.45, 7) is 0.521. The predicted octanol–water partition coefficient (Wildman–Crippen LogP) is -2.10. The normalized spacial score (nSPS) is 41.3. The number of rotatable bonds is 2. The van der Waals surface area contributed by atoms with Crippen molar-refractivity contribution in [1.29, 1.82) is 0 Å². The molecule has 0 aromatic heterocycles. The monoisotopic (exact) mass is 223 g/mol. The second-order valence-corrected chi connectivity index (χ2v) is 3.41. The Kier molecular flexibility index (Phi) is 3.97. The highest BCUT2D eigenvalue weighted by molar-refractivity contribution is 5.73. The smallest absolute Gasteiger partial charge is 0.217 e. The number of aliphatic hydroxyl groups excluding tert-OH is 3. The molecule has 1 amide bonds. The summed E-state index contributed by atoms with van der Waals surface area (Å²) in [5, 5.41) is 29.6. The molecule has 0 saturated carbocycles. The van der Waals surface area contributed by atoms with Crippen molar-refractivity contribution >= 4 is 5.91 Å². The maximum Gasteiger partial charge on any atom is 0.217 e. The van der Waals surface area contributed by atoms with Crippen LogP contribution in [-0.2, 0) is 9.53 Å². The van der Waals surface area contributed by atoms with Gasteiger partial charge in [-0.25, -0.2) is 4.39 Å². The Morgan fingerprint density at radius 1 is 1.53 bits per heavy atom. The summed E-state index contributed by atoms with van der Waals surface area (Å²) in [5.41, 5.74) is 0. The lowest BCUT2D eigenvalue weighted by molar-refractivity contribution is -0.240. The minimum Gasteiger partial charge on any atom is -0.394 e. The van der Waals surface area contributed by atoms with E-state index in [-0.39, 0.29) is 0 Å². The van der Waals surface area contributed by atoms with Crippen molar-refractivity contribution in [1.82, 2.24) is 5.32 Å². The van der Waals surface area contributed by atoms with Crippen molar-refractivity contribution in [3.63, 3.8) is 0 Å². The number of ether oxygens (including phenoxy) is 1. The molecule has 6 nitrogen and oxygen atoms in total. The van der Waals surface area contributed by atoms with E-state index in [1.165, 1.54) is 6.92 Å². The first-order valence-corrected chi connectivity index (χ1v) is 4.51. The number of carbonyl (C=O) groups is 1. The third kappa shape index (κ3) is 2.63. The lowest BCUT2D eigenvalue weighted by atomic mass is 9.98. The van der Waals surface area contributed by atoms with Gasteiger partial charge in [-0.3, -0.25) is 4.79 Å². The van der Waals surface area contributed by atoms with Gasteiger partial charge in [0, 0.05) is 6.92 Å². The van der Waals surface area contributed by atoms with Crippen molar-refractivity contribution in [3.8, 4) is 0 Å². The quantitative estimate of drug-likeness (QED) is 0.430. The fourth-order valence-corrected chi connectivity index (χ4v) is 1.46. The minimum absolute atomic E-state index is 0.517. The molecule has 4 N–H and O–H groups in total. The van der Waals surface area contributed by atoms with Crippen LogP contribution in [0.2, 0.25) is 0 Å². The van der Waals surface area contributed by atoms with Crippen LogP contribution in [0.15, 0.2) is 0 Å². The van der Waals surface area contributed by atoms with E-state index in [4.69, 9.17) is 5.11 Å². The number of hydrogen-bond acceptors (Lipinski definition) is 5. The molecule has 1 rings (SSSR count). The Morgan fingerprint density at radius 2 is 2.13 bits per heavy atom. The van der Waals surface area contributed by atoms with Crippen LogP contribution >= 0.6 is 0 Å². The fourth-order valence-electron chi connectivity index (χ4n) is 1.46. The van der Waals surface area contributed by atoms with Gasteiger partial charge in [0.05, 0.1) is 6.61 Å². The maximum absolute atomic E-state index is 13.3. The van der Waals surface area contributed by atoms with Gasteiger partial charge in [0.25, 0.3) is 0 Å². The molecule has 0 aromatic carbocycles. The van der Waals surface area contributed by atoms with Gasteiger partial charge in [0.1, 0.15) is 18.2 Å². The predicted molar refractivity (Wildman–Crippen MR) is 46.5 cm³/mol. The summed E-state index contributed by atoms with van der Waals surface area (Å²) in [7, 11) is 0. The third-order valence-corrected chi connectivity index (χ3v) is 2.22. The van der Waals surface area contributed by atoms with Crippen molar-refractivity contribution in [2.45, 2.75) is 37.6 Å². The summed E-state index contributed by atoms with van der Waals surface area (Å²) < 4.78 is 18.0. The minimum atomic E-state index is -1.85. The van der Waals surface area contributed by atoms with E-state index in [9.17, 15) is 19.4 Å². The number of hydrogen-bond donors (Lipinski definition) is 4. The molecular formula is C8H14FNO5. The summed E-state index contributed by atoms with van der Waals surface area (Å²) in [6.07, 6.45) is -6.27. The molecule has 88 valence electrons. The van der Waals surface area contributed by atoms with Gasteiger partial charge in [-0.1, -0.05) is 0 Å². The van der Waals surface area contributed by atoms with E-state index >= 15 is 0 Å². The number of amides is 1. The number of nitrogens with one attached hydrogen (secondary N) is 1. The molecule has 1 saturated heterocycles. The number of carbonyl (C=O) groups excluding carboxylic acids is 1. The van der Waals surface area contributed by atoms with Crippen LogP contribution in [0.4, 0.5) is 4.39 Å². The topological polar surface area (TPSA) is 99.0 Å². The molecule has 0 aliphatic carbocycles. The first kappa shape index (κ1) is 12.3. The standard InChI is InChI=1S/C8H14FNO5/c1-3(12)10-6-7(13)5(9)4(2-11)15-8(6)14/h4-8,11,13-14H,2H2,1H3,(H,10,12)/t4-,5-,6-,7+,8-/m1/s1. The summed E-state index contributed by atoms with van der Waals surface area (Å²) in [5.74, 6) is -0.517. The Labute approximate surface area is 85.7 Å². The molecule has 0 radical (unpaired) electrons. The lowest BCUT2D eigenvalue weighted by Crippen LogP contribution is -2.62. The van der Waals surface area contributed by atoms with Crippen LogP contribution in [0.3, 0.4) is 0 Å². The molecule has 7 heteroatoms. The van der Waals surface area contributed by atoms with Crippen molar-refractivity contribution in [2.24, 2.45) is 0 Å². The number of alkyl halides is 1. The molecule has 1 aliphatic rings.